The van der Waals surface area contributed by atoms with Crippen LogP contribution in [0.3, 0.4) is 0 Å². The van der Waals surface area contributed by atoms with Crippen LogP contribution in [0.4, 0.5) is 13.2 Å². The van der Waals surface area contributed by atoms with E-state index in [9.17, 15) is 22.8 Å². The molecule has 0 radical (unpaired) electrons. The maximum absolute atomic E-state index is 14.1. The zero-order chi connectivity index (χ0) is 24.6. The average Bonchev–Trinajstić information content (AvgIpc) is 2.87. The molecule has 1 aliphatic rings. The lowest BCUT2D eigenvalue weighted by Gasteiger charge is -2.26. The van der Waals surface area contributed by atoms with Crippen molar-refractivity contribution in [3.63, 3.8) is 0 Å². The van der Waals surface area contributed by atoms with E-state index in [1.807, 2.05) is 0 Å². The highest BCUT2D eigenvalue weighted by Gasteiger charge is 2.39. The minimum Gasteiger partial charge on any atom is -0.484 e. The van der Waals surface area contributed by atoms with Crippen LogP contribution in [0.5, 0.6) is 5.75 Å². The van der Waals surface area contributed by atoms with Crippen molar-refractivity contribution in [1.29, 1.82) is 0 Å². The summed E-state index contributed by atoms with van der Waals surface area (Å²) < 4.78 is 53.1. The molecule has 0 N–H and O–H groups in total. The van der Waals surface area contributed by atoms with Gasteiger partial charge in [-0.1, -0.05) is 42.5 Å². The molecule has 0 bridgehead atoms. The Hall–Kier alpha value is -3.81. The molecule has 2 heterocycles. The molecule has 4 aromatic rings. The summed E-state index contributed by atoms with van der Waals surface area (Å²) in [6, 6.07) is 15.8. The predicted octanol–water partition coefficient (Wildman–Crippen LogP) is 6.02. The van der Waals surface area contributed by atoms with Crippen molar-refractivity contribution >= 4 is 27.6 Å². The number of nitrogens with zero attached hydrogens (tertiary/aromatic N) is 1. The van der Waals surface area contributed by atoms with Gasteiger partial charge < -0.3 is 14.1 Å². The molecule has 5 nitrogen and oxygen atoms in total. The van der Waals surface area contributed by atoms with Crippen molar-refractivity contribution in [2.45, 2.75) is 25.4 Å². The van der Waals surface area contributed by atoms with Gasteiger partial charge in [-0.25, -0.2) is 0 Å². The maximum Gasteiger partial charge on any atom is 0.450 e. The number of likely N-dealkylation sites (tertiary alicyclic amines) is 1. The lowest BCUT2D eigenvalue weighted by atomic mass is 9.96. The summed E-state index contributed by atoms with van der Waals surface area (Å²) in [5.41, 5.74) is -1.42. The lowest BCUT2D eigenvalue weighted by Crippen LogP contribution is -2.38. The zero-order valence-electron chi connectivity index (χ0n) is 18.7. The second kappa shape index (κ2) is 9.09. The summed E-state index contributed by atoms with van der Waals surface area (Å²) >= 11 is 0. The van der Waals surface area contributed by atoms with Gasteiger partial charge in [-0.2, -0.15) is 13.2 Å². The number of carbonyl (C=O) groups excluding carboxylic acids is 1. The van der Waals surface area contributed by atoms with Gasteiger partial charge in [0.15, 0.2) is 6.61 Å². The minimum atomic E-state index is -4.90. The molecule has 35 heavy (non-hydrogen) atoms. The fraction of sp³-hybridized carbons (Fsp3) is 0.259. The summed E-state index contributed by atoms with van der Waals surface area (Å²) in [6.45, 7) is 1.09. The molecule has 3 aromatic carbocycles. The van der Waals surface area contributed by atoms with Crippen LogP contribution in [0.25, 0.3) is 32.9 Å². The number of benzene rings is 3. The second-order valence-electron chi connectivity index (χ2n) is 8.55. The molecule has 8 heteroatoms. The Morgan fingerprint density at radius 3 is 2.46 bits per heavy atom. The zero-order valence-corrected chi connectivity index (χ0v) is 18.7. The van der Waals surface area contributed by atoms with Crippen molar-refractivity contribution in [3.05, 3.63) is 76.6 Å². The van der Waals surface area contributed by atoms with Crippen molar-refractivity contribution in [3.8, 4) is 16.9 Å². The Bertz CT molecular complexity index is 1460. The number of carbonyl (C=O) groups is 1. The van der Waals surface area contributed by atoms with E-state index in [1.54, 1.807) is 41.3 Å². The molecule has 0 aliphatic carbocycles. The third-order valence-electron chi connectivity index (χ3n) is 6.25. The predicted molar refractivity (Wildman–Crippen MR) is 126 cm³/mol. The highest BCUT2D eigenvalue weighted by atomic mass is 19.4. The first-order valence-corrected chi connectivity index (χ1v) is 11.4. The number of alkyl halides is 3. The molecule has 1 saturated heterocycles. The summed E-state index contributed by atoms with van der Waals surface area (Å²) in [5, 5.41) is 1.22. The van der Waals surface area contributed by atoms with Gasteiger partial charge in [0.1, 0.15) is 11.3 Å². The van der Waals surface area contributed by atoms with E-state index in [1.165, 1.54) is 24.3 Å². The van der Waals surface area contributed by atoms with Gasteiger partial charge in [0, 0.05) is 19.2 Å². The van der Waals surface area contributed by atoms with E-state index in [0.717, 1.165) is 19.3 Å². The highest BCUT2D eigenvalue weighted by Crippen LogP contribution is 2.39. The van der Waals surface area contributed by atoms with E-state index >= 15 is 0 Å². The van der Waals surface area contributed by atoms with Crippen LogP contribution in [0.2, 0.25) is 0 Å². The summed E-state index contributed by atoms with van der Waals surface area (Å²) in [7, 11) is 0. The van der Waals surface area contributed by atoms with E-state index in [2.05, 4.69) is 0 Å². The number of hydrogen-bond acceptors (Lipinski definition) is 4. The summed E-state index contributed by atoms with van der Waals surface area (Å²) in [6.07, 6.45) is -1.95. The average molecular weight is 481 g/mol. The van der Waals surface area contributed by atoms with Crippen LogP contribution in [-0.2, 0) is 11.0 Å². The first-order valence-electron chi connectivity index (χ1n) is 11.4. The standard InChI is InChI=1S/C27H22F3NO4/c28-27(29,30)26-24(20-10-6-8-17-7-2-3-9-19(17)20)25(33)21-12-11-18(15-22(21)35-26)34-16-23(32)31-13-4-1-5-14-31/h2-3,6-12,15H,1,4-5,13-14,16H2. The first kappa shape index (κ1) is 23.0. The molecule has 1 aliphatic heterocycles. The van der Waals surface area contributed by atoms with Crippen LogP contribution >= 0.6 is 0 Å². The Labute approximate surface area is 198 Å². The molecule has 0 unspecified atom stereocenters. The molecule has 180 valence electrons. The quantitative estimate of drug-likeness (QED) is 0.358. The normalized spacial score (nSPS) is 14.4. The Morgan fingerprint density at radius 1 is 0.943 bits per heavy atom. The number of hydrogen-bond donors (Lipinski definition) is 0. The third-order valence-corrected chi connectivity index (χ3v) is 6.25. The minimum absolute atomic E-state index is 0.00404. The van der Waals surface area contributed by atoms with Gasteiger partial charge in [-0.3, -0.25) is 9.59 Å². The van der Waals surface area contributed by atoms with E-state index in [0.29, 0.717) is 23.9 Å². The highest BCUT2D eigenvalue weighted by molar-refractivity contribution is 5.98. The number of fused-ring (bicyclic) bond motifs is 2. The van der Waals surface area contributed by atoms with Gasteiger partial charge in [0.2, 0.25) is 11.2 Å². The van der Waals surface area contributed by atoms with Crippen LogP contribution in [0, 0.1) is 0 Å². The van der Waals surface area contributed by atoms with E-state index < -0.39 is 22.9 Å². The first-order chi connectivity index (χ1) is 16.8. The van der Waals surface area contributed by atoms with Crippen LogP contribution in [0.1, 0.15) is 25.0 Å². The van der Waals surface area contributed by atoms with Gasteiger partial charge in [0.25, 0.3) is 5.91 Å². The Morgan fingerprint density at radius 2 is 1.69 bits per heavy atom. The van der Waals surface area contributed by atoms with Crippen LogP contribution < -0.4 is 10.2 Å². The van der Waals surface area contributed by atoms with E-state index in [4.69, 9.17) is 9.15 Å². The van der Waals surface area contributed by atoms with Gasteiger partial charge in [-0.15, -0.1) is 0 Å². The van der Waals surface area contributed by atoms with Crippen LogP contribution in [0.15, 0.2) is 69.9 Å². The molecule has 1 fully saturated rings. The van der Waals surface area contributed by atoms with Crippen molar-refractivity contribution in [2.24, 2.45) is 0 Å². The topological polar surface area (TPSA) is 59.8 Å². The van der Waals surface area contributed by atoms with Crippen molar-refractivity contribution in [1.82, 2.24) is 4.90 Å². The van der Waals surface area contributed by atoms with Gasteiger partial charge >= 0.3 is 6.18 Å². The van der Waals surface area contributed by atoms with Gasteiger partial charge in [-0.05, 0) is 47.7 Å². The monoisotopic (exact) mass is 481 g/mol. The number of ether oxygens (including phenoxy) is 1. The second-order valence-corrected chi connectivity index (χ2v) is 8.55. The van der Waals surface area contributed by atoms with Crippen molar-refractivity contribution < 1.29 is 27.1 Å². The maximum atomic E-state index is 14.1. The molecular weight excluding hydrogens is 459 g/mol. The Balaban J connectivity index is 1.56. The van der Waals surface area contributed by atoms with Crippen LogP contribution in [-0.4, -0.2) is 30.5 Å². The lowest BCUT2D eigenvalue weighted by molar-refractivity contribution is -0.152. The molecule has 0 atom stereocenters. The molecule has 1 aromatic heterocycles. The number of rotatable bonds is 4. The Kier molecular flexibility index (Phi) is 5.96. The fourth-order valence-electron chi connectivity index (χ4n) is 4.53. The summed E-state index contributed by atoms with van der Waals surface area (Å²) in [5.74, 6) is -1.40. The molecule has 5 rings (SSSR count). The number of piperidine rings is 1. The largest absolute Gasteiger partial charge is 0.484 e. The van der Waals surface area contributed by atoms with Crippen molar-refractivity contribution in [2.75, 3.05) is 19.7 Å². The smallest absolute Gasteiger partial charge is 0.450 e. The fourth-order valence-corrected chi connectivity index (χ4v) is 4.53. The molecule has 0 saturated carbocycles. The number of halogens is 3. The molecule has 1 amide bonds. The van der Waals surface area contributed by atoms with Gasteiger partial charge in [0.05, 0.1) is 10.9 Å². The summed E-state index contributed by atoms with van der Waals surface area (Å²) in [4.78, 5) is 27.4. The molecule has 0 spiro atoms. The SMILES string of the molecule is O=C(COc1ccc2c(=O)c(-c3cccc4ccccc34)c(C(F)(F)F)oc2c1)N1CCCCC1. The number of amides is 1. The van der Waals surface area contributed by atoms with E-state index in [-0.39, 0.29) is 34.8 Å². The third kappa shape index (κ3) is 4.48. The molecular formula is C27H22F3NO4.